The third-order valence-corrected chi connectivity index (χ3v) is 3.97. The quantitative estimate of drug-likeness (QED) is 0.805. The highest BCUT2D eigenvalue weighted by molar-refractivity contribution is 6.12. The van der Waals surface area contributed by atoms with Gasteiger partial charge in [0.15, 0.2) is 5.76 Å². The Balaban J connectivity index is 2.06. The van der Waals surface area contributed by atoms with E-state index >= 15 is 0 Å². The molecule has 0 spiro atoms. The van der Waals surface area contributed by atoms with E-state index in [-0.39, 0.29) is 18.0 Å². The van der Waals surface area contributed by atoms with Crippen molar-refractivity contribution < 1.29 is 29.0 Å². The summed E-state index contributed by atoms with van der Waals surface area (Å²) in [5.41, 5.74) is 2.94. The zero-order valence-corrected chi connectivity index (χ0v) is 13.5. The van der Waals surface area contributed by atoms with E-state index in [1.54, 1.807) is 48.5 Å². The summed E-state index contributed by atoms with van der Waals surface area (Å²) >= 11 is 0. The second-order valence-electron chi connectivity index (χ2n) is 5.50. The number of ketones is 1. The zero-order valence-electron chi connectivity index (χ0n) is 13.5. The van der Waals surface area contributed by atoms with Crippen molar-refractivity contribution in [3.05, 3.63) is 71.5 Å². The van der Waals surface area contributed by atoms with Gasteiger partial charge in [0.1, 0.15) is 11.5 Å². The first-order valence-electron chi connectivity index (χ1n) is 7.71. The molecule has 0 aromatic heterocycles. The van der Waals surface area contributed by atoms with E-state index in [4.69, 9.17) is 9.47 Å². The second kappa shape index (κ2) is 7.48. The van der Waals surface area contributed by atoms with Crippen LogP contribution in [0.25, 0.3) is 11.1 Å². The molecule has 0 heterocycles. The summed E-state index contributed by atoms with van der Waals surface area (Å²) in [7, 11) is 0. The fourth-order valence-electron chi connectivity index (χ4n) is 2.72. The van der Waals surface area contributed by atoms with Crippen LogP contribution in [0.2, 0.25) is 0 Å². The van der Waals surface area contributed by atoms with Crippen molar-refractivity contribution in [1.82, 2.24) is 0 Å². The Labute approximate surface area is 149 Å². The van der Waals surface area contributed by atoms with Crippen LogP contribution in [-0.4, -0.2) is 23.8 Å². The van der Waals surface area contributed by atoms with Crippen LogP contribution < -0.4 is 9.47 Å². The average molecular weight is 350 g/mol. The number of allylic oxidation sites excluding steroid dienone is 4. The number of rotatable bonds is 6. The van der Waals surface area contributed by atoms with E-state index in [0.29, 0.717) is 30.0 Å². The van der Waals surface area contributed by atoms with Gasteiger partial charge in [-0.05, 0) is 52.6 Å². The standard InChI is InChI=1S/C20H14O6/c21-11-25-15-5-1-13(2-6-15)17-9-19(23)20(24)10-18(17)14-3-7-16(8-4-14)26-12-22/h1-9,11-12,23H,10H2. The molecule has 0 radical (unpaired) electrons. The summed E-state index contributed by atoms with van der Waals surface area (Å²) in [5.74, 6) is 0.0962. The van der Waals surface area contributed by atoms with Gasteiger partial charge in [0, 0.05) is 6.42 Å². The van der Waals surface area contributed by atoms with E-state index in [1.165, 1.54) is 6.08 Å². The summed E-state index contributed by atoms with van der Waals surface area (Å²) in [4.78, 5) is 32.8. The van der Waals surface area contributed by atoms with Gasteiger partial charge in [-0.25, -0.2) is 0 Å². The lowest BCUT2D eigenvalue weighted by molar-refractivity contribution is -0.121. The van der Waals surface area contributed by atoms with E-state index in [1.807, 2.05) is 0 Å². The molecule has 0 amide bonds. The summed E-state index contributed by atoms with van der Waals surface area (Å²) in [5, 5.41) is 9.87. The lowest BCUT2D eigenvalue weighted by Gasteiger charge is -2.18. The first-order chi connectivity index (χ1) is 12.6. The largest absolute Gasteiger partial charge is 0.504 e. The van der Waals surface area contributed by atoms with E-state index < -0.39 is 0 Å². The molecule has 2 aromatic rings. The van der Waals surface area contributed by atoms with Gasteiger partial charge >= 0.3 is 0 Å². The lowest BCUT2D eigenvalue weighted by atomic mass is 9.86. The van der Waals surface area contributed by atoms with Crippen molar-refractivity contribution in [3.8, 4) is 11.5 Å². The van der Waals surface area contributed by atoms with Gasteiger partial charge in [0.05, 0.1) is 0 Å². The number of benzene rings is 2. The minimum absolute atomic E-state index is 0.0398. The van der Waals surface area contributed by atoms with Crippen LogP contribution in [0.15, 0.2) is 60.4 Å². The van der Waals surface area contributed by atoms with Crippen LogP contribution in [-0.2, 0) is 14.4 Å². The molecule has 1 N–H and O–H groups in total. The number of carbonyl (C=O) groups is 3. The number of Topliss-reactive ketones (excluding diaryl/α,β-unsaturated/α-hetero) is 1. The SMILES string of the molecule is O=COc1ccc(C2=C(c3ccc(OC=O)cc3)CC(=O)C(O)=C2)cc1. The fraction of sp³-hybridized carbons (Fsp3) is 0.0500. The average Bonchev–Trinajstić information content (AvgIpc) is 2.66. The van der Waals surface area contributed by atoms with Crippen molar-refractivity contribution >= 4 is 29.9 Å². The van der Waals surface area contributed by atoms with Gasteiger partial charge < -0.3 is 14.6 Å². The molecule has 0 saturated heterocycles. The Hall–Kier alpha value is -3.67. The van der Waals surface area contributed by atoms with Gasteiger partial charge in [-0.2, -0.15) is 0 Å². The molecule has 0 saturated carbocycles. The van der Waals surface area contributed by atoms with Crippen LogP contribution in [0.5, 0.6) is 11.5 Å². The molecule has 3 rings (SSSR count). The summed E-state index contributed by atoms with van der Waals surface area (Å²) < 4.78 is 9.55. The molecule has 0 aliphatic heterocycles. The maximum absolute atomic E-state index is 12.0. The summed E-state index contributed by atoms with van der Waals surface area (Å²) in [6.45, 7) is 0.682. The first kappa shape index (κ1) is 17.2. The summed E-state index contributed by atoms with van der Waals surface area (Å²) in [6, 6.07) is 13.4. The van der Waals surface area contributed by atoms with Gasteiger partial charge in [0.25, 0.3) is 12.9 Å². The highest BCUT2D eigenvalue weighted by Crippen LogP contribution is 2.36. The fourth-order valence-corrected chi connectivity index (χ4v) is 2.72. The first-order valence-corrected chi connectivity index (χ1v) is 7.71. The Kier molecular flexibility index (Phi) is 4.94. The number of hydrogen-bond acceptors (Lipinski definition) is 6. The highest BCUT2D eigenvalue weighted by atomic mass is 16.5. The van der Waals surface area contributed by atoms with Crippen LogP contribution in [0, 0.1) is 0 Å². The van der Waals surface area contributed by atoms with Crippen molar-refractivity contribution in [2.75, 3.05) is 0 Å². The molecule has 0 bridgehead atoms. The number of aliphatic hydroxyl groups is 1. The van der Waals surface area contributed by atoms with Crippen molar-refractivity contribution in [3.63, 3.8) is 0 Å². The van der Waals surface area contributed by atoms with Crippen LogP contribution in [0.1, 0.15) is 17.5 Å². The maximum atomic E-state index is 12.0. The molecule has 1 aliphatic rings. The monoisotopic (exact) mass is 350 g/mol. The van der Waals surface area contributed by atoms with Crippen molar-refractivity contribution in [2.24, 2.45) is 0 Å². The molecule has 130 valence electrons. The normalized spacial score (nSPS) is 13.8. The van der Waals surface area contributed by atoms with Crippen molar-refractivity contribution in [1.29, 1.82) is 0 Å². The lowest BCUT2D eigenvalue weighted by Crippen LogP contribution is -2.10. The molecular formula is C20H14O6. The Morgan fingerprint density at radius 1 is 0.808 bits per heavy atom. The topological polar surface area (TPSA) is 89.9 Å². The molecular weight excluding hydrogens is 336 g/mol. The van der Waals surface area contributed by atoms with Gasteiger partial charge in [-0.1, -0.05) is 24.3 Å². The van der Waals surface area contributed by atoms with Crippen LogP contribution >= 0.6 is 0 Å². The molecule has 6 heteroatoms. The predicted octanol–water partition coefficient (Wildman–Crippen LogP) is 3.08. The van der Waals surface area contributed by atoms with E-state index in [2.05, 4.69) is 0 Å². The second-order valence-corrected chi connectivity index (χ2v) is 5.50. The smallest absolute Gasteiger partial charge is 0.298 e. The number of hydrogen-bond donors (Lipinski definition) is 1. The molecule has 0 fully saturated rings. The third-order valence-electron chi connectivity index (χ3n) is 3.97. The molecule has 0 unspecified atom stereocenters. The minimum Gasteiger partial charge on any atom is -0.504 e. The molecule has 26 heavy (non-hydrogen) atoms. The van der Waals surface area contributed by atoms with E-state index in [9.17, 15) is 19.5 Å². The minimum atomic E-state index is -0.377. The van der Waals surface area contributed by atoms with Gasteiger partial charge in [-0.3, -0.25) is 14.4 Å². The maximum Gasteiger partial charge on any atom is 0.298 e. The van der Waals surface area contributed by atoms with Crippen molar-refractivity contribution in [2.45, 2.75) is 6.42 Å². The van der Waals surface area contributed by atoms with Gasteiger partial charge in [0.2, 0.25) is 5.78 Å². The van der Waals surface area contributed by atoms with Crippen LogP contribution in [0.4, 0.5) is 0 Å². The zero-order chi connectivity index (χ0) is 18.5. The number of carbonyl (C=O) groups excluding carboxylic acids is 3. The van der Waals surface area contributed by atoms with Gasteiger partial charge in [-0.15, -0.1) is 0 Å². The summed E-state index contributed by atoms with van der Waals surface area (Å²) in [6.07, 6.45) is 1.46. The Morgan fingerprint density at radius 2 is 1.31 bits per heavy atom. The number of ether oxygens (including phenoxy) is 2. The molecule has 0 atom stereocenters. The van der Waals surface area contributed by atoms with Crippen LogP contribution in [0.3, 0.4) is 0 Å². The molecule has 6 nitrogen and oxygen atoms in total. The Bertz CT molecular complexity index is 904. The van der Waals surface area contributed by atoms with E-state index in [0.717, 1.165) is 16.7 Å². The number of aliphatic hydroxyl groups excluding tert-OH is 1. The molecule has 2 aromatic carbocycles. The third kappa shape index (κ3) is 3.54. The highest BCUT2D eigenvalue weighted by Gasteiger charge is 2.22. The predicted molar refractivity (Wildman–Crippen MR) is 93.4 cm³/mol. The molecule has 1 aliphatic carbocycles. The Morgan fingerprint density at radius 3 is 1.81 bits per heavy atom.